The fourth-order valence-electron chi connectivity index (χ4n) is 3.01. The molecule has 2 aromatic heterocycles. The van der Waals surface area contributed by atoms with Crippen LogP contribution in [0.1, 0.15) is 30.5 Å². The molecule has 0 saturated carbocycles. The molecule has 0 aliphatic carbocycles. The van der Waals surface area contributed by atoms with E-state index in [1.165, 1.54) is 18.2 Å². The maximum absolute atomic E-state index is 13.5. The van der Waals surface area contributed by atoms with Gasteiger partial charge in [-0.15, -0.1) is 0 Å². The first-order valence-corrected chi connectivity index (χ1v) is 8.41. The number of nitrogens with zero attached hydrogens (tertiary/aromatic N) is 4. The number of anilines is 1. The fraction of sp³-hybridized carbons (Fsp3) is 0.211. The average Bonchev–Trinajstić information content (AvgIpc) is 3.07. The number of aliphatic imine (C=N–C) groups is 1. The van der Waals surface area contributed by atoms with E-state index in [-0.39, 0.29) is 11.8 Å². The lowest BCUT2D eigenvalue weighted by molar-refractivity contribution is 0.462. The third-order valence-corrected chi connectivity index (χ3v) is 4.35. The molecule has 0 saturated heterocycles. The summed E-state index contributed by atoms with van der Waals surface area (Å²) in [7, 11) is 0. The lowest BCUT2D eigenvalue weighted by Gasteiger charge is -2.16. The van der Waals surface area contributed by atoms with Crippen LogP contribution in [0.2, 0.25) is 0 Å². The Balaban J connectivity index is 1.66. The number of aromatic nitrogens is 3. The number of hydrogen-bond donors (Lipinski definition) is 2. The van der Waals surface area contributed by atoms with Gasteiger partial charge in [0.05, 0.1) is 12.2 Å². The zero-order valence-corrected chi connectivity index (χ0v) is 14.2. The number of aromatic hydroxyl groups is 1. The van der Waals surface area contributed by atoms with Gasteiger partial charge in [0.2, 0.25) is 0 Å². The Morgan fingerprint density at radius 2 is 2.19 bits per heavy atom. The van der Waals surface area contributed by atoms with Crippen LogP contribution in [0.3, 0.4) is 0 Å². The first-order chi connectivity index (χ1) is 12.6. The van der Waals surface area contributed by atoms with Crippen molar-refractivity contribution < 1.29 is 9.50 Å². The SMILES string of the molecule is CC(Nc1ccn2ncc(C3=CCCN=C3)c2n1)c1cc(F)ccc1O. The Morgan fingerprint density at radius 3 is 3.00 bits per heavy atom. The second-order valence-corrected chi connectivity index (χ2v) is 6.19. The monoisotopic (exact) mass is 351 g/mol. The van der Waals surface area contributed by atoms with E-state index in [0.717, 1.165) is 24.1 Å². The van der Waals surface area contributed by atoms with Crippen LogP contribution in [0.25, 0.3) is 11.2 Å². The lowest BCUT2D eigenvalue weighted by atomic mass is 10.1. The molecular formula is C19H18FN5O. The van der Waals surface area contributed by atoms with Gasteiger partial charge in [0.1, 0.15) is 17.4 Å². The van der Waals surface area contributed by atoms with Crippen molar-refractivity contribution in [1.29, 1.82) is 0 Å². The molecule has 3 aromatic rings. The summed E-state index contributed by atoms with van der Waals surface area (Å²) in [5.41, 5.74) is 3.11. The van der Waals surface area contributed by atoms with Gasteiger partial charge >= 0.3 is 0 Å². The first kappa shape index (κ1) is 16.3. The van der Waals surface area contributed by atoms with Crippen molar-refractivity contribution in [2.24, 2.45) is 4.99 Å². The van der Waals surface area contributed by atoms with Crippen LogP contribution in [-0.4, -0.2) is 32.5 Å². The van der Waals surface area contributed by atoms with Crippen LogP contribution in [0.5, 0.6) is 5.75 Å². The number of fused-ring (bicyclic) bond motifs is 1. The van der Waals surface area contributed by atoms with E-state index in [1.54, 1.807) is 16.8 Å². The predicted molar refractivity (Wildman–Crippen MR) is 99.0 cm³/mol. The molecule has 1 aromatic carbocycles. The van der Waals surface area contributed by atoms with Crippen LogP contribution >= 0.6 is 0 Å². The van der Waals surface area contributed by atoms with E-state index in [2.05, 4.69) is 26.5 Å². The molecule has 2 N–H and O–H groups in total. The molecule has 0 fully saturated rings. The van der Waals surface area contributed by atoms with Crippen molar-refractivity contribution in [3.63, 3.8) is 0 Å². The summed E-state index contributed by atoms with van der Waals surface area (Å²) in [6, 6.07) is 5.37. The summed E-state index contributed by atoms with van der Waals surface area (Å²) >= 11 is 0. The topological polar surface area (TPSA) is 74.8 Å². The number of benzene rings is 1. The molecule has 26 heavy (non-hydrogen) atoms. The van der Waals surface area contributed by atoms with Crippen molar-refractivity contribution in [2.75, 3.05) is 11.9 Å². The summed E-state index contributed by atoms with van der Waals surface area (Å²) in [5, 5.41) is 17.5. The van der Waals surface area contributed by atoms with Gasteiger partial charge in [-0.25, -0.2) is 13.9 Å². The smallest absolute Gasteiger partial charge is 0.165 e. The number of rotatable bonds is 4. The maximum atomic E-state index is 13.5. The molecule has 0 amide bonds. The van der Waals surface area contributed by atoms with Crippen molar-refractivity contribution in [2.45, 2.75) is 19.4 Å². The van der Waals surface area contributed by atoms with E-state index in [0.29, 0.717) is 17.0 Å². The van der Waals surface area contributed by atoms with Gasteiger partial charge < -0.3 is 10.4 Å². The highest BCUT2D eigenvalue weighted by molar-refractivity contribution is 6.12. The van der Waals surface area contributed by atoms with Crippen LogP contribution < -0.4 is 5.32 Å². The van der Waals surface area contributed by atoms with Crippen LogP contribution in [0.15, 0.2) is 47.7 Å². The van der Waals surface area contributed by atoms with Gasteiger partial charge in [-0.2, -0.15) is 5.10 Å². The maximum Gasteiger partial charge on any atom is 0.165 e. The van der Waals surface area contributed by atoms with E-state index in [9.17, 15) is 9.50 Å². The van der Waals surface area contributed by atoms with Crippen LogP contribution in [0.4, 0.5) is 10.2 Å². The van der Waals surface area contributed by atoms with E-state index in [1.807, 2.05) is 19.3 Å². The number of allylic oxidation sites excluding steroid dienone is 1. The second-order valence-electron chi connectivity index (χ2n) is 6.19. The largest absolute Gasteiger partial charge is 0.508 e. The van der Waals surface area contributed by atoms with E-state index >= 15 is 0 Å². The molecule has 3 heterocycles. The molecule has 132 valence electrons. The fourth-order valence-corrected chi connectivity index (χ4v) is 3.01. The summed E-state index contributed by atoms with van der Waals surface area (Å²) < 4.78 is 15.2. The number of halogens is 1. The molecule has 4 rings (SSSR count). The summed E-state index contributed by atoms with van der Waals surface area (Å²) in [6.45, 7) is 2.64. The number of phenolic OH excluding ortho intramolecular Hbond substituents is 1. The van der Waals surface area contributed by atoms with Crippen molar-refractivity contribution in [1.82, 2.24) is 14.6 Å². The van der Waals surface area contributed by atoms with Gasteiger partial charge in [-0.05, 0) is 37.6 Å². The second kappa shape index (κ2) is 6.59. The highest BCUT2D eigenvalue weighted by Gasteiger charge is 2.15. The third kappa shape index (κ3) is 3.03. The van der Waals surface area contributed by atoms with Gasteiger partial charge in [0.15, 0.2) is 5.65 Å². The molecule has 0 bridgehead atoms. The van der Waals surface area contributed by atoms with Crippen molar-refractivity contribution in [3.8, 4) is 5.75 Å². The lowest BCUT2D eigenvalue weighted by Crippen LogP contribution is -2.09. The molecule has 0 radical (unpaired) electrons. The molecule has 1 unspecified atom stereocenters. The normalized spacial score (nSPS) is 15.1. The average molecular weight is 351 g/mol. The summed E-state index contributed by atoms with van der Waals surface area (Å²) in [5.74, 6) is 0.265. The van der Waals surface area contributed by atoms with E-state index in [4.69, 9.17) is 0 Å². The molecule has 1 aliphatic heterocycles. The Hall–Kier alpha value is -3.22. The van der Waals surface area contributed by atoms with E-state index < -0.39 is 5.82 Å². The first-order valence-electron chi connectivity index (χ1n) is 8.41. The van der Waals surface area contributed by atoms with Gasteiger partial charge in [0.25, 0.3) is 0 Å². The molecule has 0 spiro atoms. The summed E-state index contributed by atoms with van der Waals surface area (Å²) in [4.78, 5) is 8.95. The molecule has 6 nitrogen and oxygen atoms in total. The number of hydrogen-bond acceptors (Lipinski definition) is 5. The van der Waals surface area contributed by atoms with Gasteiger partial charge in [0, 0.05) is 35.7 Å². The number of phenols is 1. The quantitative estimate of drug-likeness (QED) is 0.753. The Kier molecular flexibility index (Phi) is 4.12. The molecule has 1 atom stereocenters. The Labute approximate surface area is 149 Å². The van der Waals surface area contributed by atoms with Crippen LogP contribution in [-0.2, 0) is 0 Å². The molecule has 7 heteroatoms. The highest BCUT2D eigenvalue weighted by atomic mass is 19.1. The minimum Gasteiger partial charge on any atom is -0.508 e. The zero-order valence-electron chi connectivity index (χ0n) is 14.2. The highest BCUT2D eigenvalue weighted by Crippen LogP contribution is 2.28. The van der Waals surface area contributed by atoms with Crippen molar-refractivity contribution >= 4 is 23.3 Å². The Morgan fingerprint density at radius 1 is 1.31 bits per heavy atom. The van der Waals surface area contributed by atoms with Gasteiger partial charge in [-0.1, -0.05) is 6.08 Å². The predicted octanol–water partition coefficient (Wildman–Crippen LogP) is 3.61. The Bertz CT molecular complexity index is 1020. The number of nitrogens with one attached hydrogen (secondary N) is 1. The van der Waals surface area contributed by atoms with Crippen LogP contribution in [0, 0.1) is 5.82 Å². The standard InChI is InChI=1S/C19H18FN5O/c1-12(15-9-14(20)4-5-17(15)26)23-18-6-8-25-19(24-18)16(11-22-25)13-3-2-7-21-10-13/h3-6,8-12,26H,2,7H2,1H3,(H,23,24). The molecular weight excluding hydrogens is 333 g/mol. The summed E-state index contributed by atoms with van der Waals surface area (Å²) in [6.07, 6.45) is 8.45. The van der Waals surface area contributed by atoms with Crippen molar-refractivity contribution in [3.05, 3.63) is 59.7 Å². The number of dihydropyridines is 1. The molecule has 1 aliphatic rings. The van der Waals surface area contributed by atoms with Gasteiger partial charge in [-0.3, -0.25) is 4.99 Å². The minimum atomic E-state index is -0.392. The minimum absolute atomic E-state index is 0.0427. The zero-order chi connectivity index (χ0) is 18.1. The third-order valence-electron chi connectivity index (χ3n) is 4.35.